The second-order valence-electron chi connectivity index (χ2n) is 9.84. The second-order valence-corrected chi connectivity index (χ2v) is 10.3. The lowest BCUT2D eigenvalue weighted by atomic mass is 9.85. The van der Waals surface area contributed by atoms with Gasteiger partial charge in [0.15, 0.2) is 6.61 Å². The van der Waals surface area contributed by atoms with Gasteiger partial charge in [-0.25, -0.2) is 4.39 Å². The molecule has 1 aliphatic rings. The maximum absolute atomic E-state index is 14.5. The Hall–Kier alpha value is -4.10. The summed E-state index contributed by atoms with van der Waals surface area (Å²) in [6, 6.07) is 7.12. The predicted octanol–water partition coefficient (Wildman–Crippen LogP) is 5.56. The van der Waals surface area contributed by atoms with Crippen molar-refractivity contribution in [3.05, 3.63) is 74.9 Å². The Morgan fingerprint density at radius 2 is 1.95 bits per heavy atom. The Morgan fingerprint density at radius 3 is 2.58 bits per heavy atom. The summed E-state index contributed by atoms with van der Waals surface area (Å²) in [7, 11) is 1.28. The molecule has 4 N–H and O–H groups in total. The van der Waals surface area contributed by atoms with Crippen molar-refractivity contribution < 1.29 is 41.4 Å². The van der Waals surface area contributed by atoms with E-state index in [9.17, 15) is 31.9 Å². The van der Waals surface area contributed by atoms with Crippen LogP contribution in [0.2, 0.25) is 5.02 Å². The number of alkyl halides is 3. The number of carbonyl (C=O) groups is 2. The van der Waals surface area contributed by atoms with Crippen LogP contribution in [-0.4, -0.2) is 49.4 Å². The van der Waals surface area contributed by atoms with Crippen molar-refractivity contribution >= 4 is 29.1 Å². The first-order valence-corrected chi connectivity index (χ1v) is 13.6. The average molecular weight is 626 g/mol. The molecule has 43 heavy (non-hydrogen) atoms. The Bertz CT molecular complexity index is 1560. The number of carbonyl (C=O) groups excluding carboxylic acids is 2. The van der Waals surface area contributed by atoms with Gasteiger partial charge in [-0.05, 0) is 62.1 Å². The maximum atomic E-state index is 14.5. The van der Waals surface area contributed by atoms with Gasteiger partial charge in [-0.2, -0.15) is 13.2 Å². The van der Waals surface area contributed by atoms with Crippen molar-refractivity contribution in [2.45, 2.75) is 43.9 Å². The molecular formula is C29H28ClF4N3O6. The minimum Gasteiger partial charge on any atom is -0.495 e. The number of hydrogen-bond donors (Lipinski definition) is 3. The topological polar surface area (TPSA) is 133 Å². The number of anilines is 1. The number of nitrogens with two attached hydrogens (primary N) is 1. The maximum Gasteiger partial charge on any atom is 0.422 e. The number of H-pyrrole nitrogens is 1. The number of nitrogens with one attached hydrogen (secondary N) is 2. The zero-order valence-corrected chi connectivity index (χ0v) is 23.6. The molecule has 3 aromatic rings. The molecule has 1 fully saturated rings. The number of rotatable bonds is 10. The highest BCUT2D eigenvalue weighted by Gasteiger charge is 2.34. The van der Waals surface area contributed by atoms with Crippen LogP contribution in [0.5, 0.6) is 11.5 Å². The first kappa shape index (κ1) is 31.8. The van der Waals surface area contributed by atoms with Crippen LogP contribution in [0.25, 0.3) is 11.1 Å². The van der Waals surface area contributed by atoms with Crippen molar-refractivity contribution in [2.75, 3.05) is 25.6 Å². The lowest BCUT2D eigenvalue weighted by molar-refractivity contribution is -0.153. The van der Waals surface area contributed by atoms with E-state index in [1.807, 2.05) is 0 Å². The third-order valence-electron chi connectivity index (χ3n) is 6.86. The highest BCUT2D eigenvalue weighted by Crippen LogP contribution is 2.43. The summed E-state index contributed by atoms with van der Waals surface area (Å²) < 4.78 is 70.2. The van der Waals surface area contributed by atoms with Gasteiger partial charge in [0.1, 0.15) is 17.3 Å². The number of primary amides is 1. The van der Waals surface area contributed by atoms with Crippen LogP contribution in [0.3, 0.4) is 0 Å². The Balaban J connectivity index is 1.87. The van der Waals surface area contributed by atoms with Crippen molar-refractivity contribution in [3.8, 4) is 22.6 Å². The molecule has 14 heteroatoms. The van der Waals surface area contributed by atoms with Crippen LogP contribution >= 0.6 is 11.6 Å². The molecule has 0 spiro atoms. The number of pyridine rings is 1. The molecule has 2 amide bonds. The molecule has 230 valence electrons. The molecule has 0 radical (unpaired) electrons. The van der Waals surface area contributed by atoms with Crippen LogP contribution < -0.4 is 26.1 Å². The van der Waals surface area contributed by atoms with E-state index in [-0.39, 0.29) is 50.9 Å². The van der Waals surface area contributed by atoms with E-state index < -0.39 is 48.0 Å². The SMILES string of the molecule is COc1c[nH]c(=O)c(C(C[C@@H]2CCCCO2)C(=O)Nc2ccc(C(N)=O)c(F)c2)c1-c1cc(Cl)ccc1OCC(F)(F)F. The number of ether oxygens (including phenoxy) is 3. The molecule has 0 aliphatic carbocycles. The van der Waals surface area contributed by atoms with Gasteiger partial charge in [-0.15, -0.1) is 0 Å². The van der Waals surface area contributed by atoms with Crippen molar-refractivity contribution in [3.63, 3.8) is 0 Å². The zero-order valence-electron chi connectivity index (χ0n) is 22.9. The van der Waals surface area contributed by atoms with E-state index in [4.69, 9.17) is 31.5 Å². The second kappa shape index (κ2) is 13.5. The van der Waals surface area contributed by atoms with E-state index in [0.717, 1.165) is 25.0 Å². The van der Waals surface area contributed by atoms with Crippen molar-refractivity contribution in [1.82, 2.24) is 4.98 Å². The molecule has 2 heterocycles. The normalized spacial score (nSPS) is 15.9. The van der Waals surface area contributed by atoms with Gasteiger partial charge in [0.25, 0.3) is 11.5 Å². The van der Waals surface area contributed by atoms with Gasteiger partial charge in [-0.1, -0.05) is 11.6 Å². The summed E-state index contributed by atoms with van der Waals surface area (Å²) in [4.78, 5) is 41.4. The van der Waals surface area contributed by atoms with E-state index in [2.05, 4.69) is 10.3 Å². The molecule has 1 unspecified atom stereocenters. The van der Waals surface area contributed by atoms with Crippen molar-refractivity contribution in [1.29, 1.82) is 0 Å². The highest BCUT2D eigenvalue weighted by atomic mass is 35.5. The number of amides is 2. The lowest BCUT2D eigenvalue weighted by Gasteiger charge is -2.28. The molecule has 0 bridgehead atoms. The largest absolute Gasteiger partial charge is 0.495 e. The Morgan fingerprint density at radius 1 is 1.19 bits per heavy atom. The minimum absolute atomic E-state index is 0.00373. The first-order chi connectivity index (χ1) is 20.4. The third-order valence-corrected chi connectivity index (χ3v) is 7.09. The summed E-state index contributed by atoms with van der Waals surface area (Å²) in [5, 5.41) is 2.68. The smallest absolute Gasteiger partial charge is 0.422 e. The van der Waals surface area contributed by atoms with Gasteiger partial charge < -0.3 is 30.2 Å². The number of aromatic amines is 1. The fraction of sp³-hybridized carbons (Fsp3) is 0.345. The van der Waals surface area contributed by atoms with E-state index in [1.165, 1.54) is 37.6 Å². The molecule has 1 saturated heterocycles. The van der Waals surface area contributed by atoms with E-state index in [1.54, 1.807) is 0 Å². The van der Waals surface area contributed by atoms with Gasteiger partial charge in [-0.3, -0.25) is 14.4 Å². The van der Waals surface area contributed by atoms with Crippen LogP contribution in [0.1, 0.15) is 47.5 Å². The number of halogens is 5. The monoisotopic (exact) mass is 625 g/mol. The number of hydrogen-bond acceptors (Lipinski definition) is 6. The van der Waals surface area contributed by atoms with Gasteiger partial charge in [0, 0.05) is 40.2 Å². The zero-order chi connectivity index (χ0) is 31.3. The van der Waals surface area contributed by atoms with Crippen LogP contribution in [0, 0.1) is 5.82 Å². The quantitative estimate of drug-likeness (QED) is 0.253. The summed E-state index contributed by atoms with van der Waals surface area (Å²) in [5.74, 6) is -4.23. The van der Waals surface area contributed by atoms with Crippen molar-refractivity contribution in [2.24, 2.45) is 5.73 Å². The number of aromatic nitrogens is 1. The fourth-order valence-corrected chi connectivity index (χ4v) is 5.09. The molecule has 2 aromatic carbocycles. The molecule has 9 nitrogen and oxygen atoms in total. The molecule has 0 saturated carbocycles. The standard InChI is InChI=1S/C29H28ClF4N3O6/c1-41-23-13-36-28(40)25(24(23)19-10-15(30)5-8-22(19)43-14-29(32,33)34)20(12-17-4-2-3-9-42-17)27(39)37-16-6-7-18(26(35)38)21(31)11-16/h5-8,10-11,13,17,20H,2-4,9,12,14H2,1H3,(H2,35,38)(H,36,40)(H,37,39)/t17-,20?/m0/s1. The summed E-state index contributed by atoms with van der Waals surface area (Å²) >= 11 is 6.23. The summed E-state index contributed by atoms with van der Waals surface area (Å²) in [5.41, 5.74) is 3.83. The van der Waals surface area contributed by atoms with Gasteiger partial charge in [0.2, 0.25) is 5.91 Å². The molecule has 4 rings (SSSR count). The predicted molar refractivity (Wildman–Crippen MR) is 150 cm³/mol. The van der Waals surface area contributed by atoms with Gasteiger partial charge >= 0.3 is 6.18 Å². The molecule has 2 atom stereocenters. The molecule has 1 aromatic heterocycles. The summed E-state index contributed by atoms with van der Waals surface area (Å²) in [6.45, 7) is -1.20. The third kappa shape index (κ3) is 7.85. The lowest BCUT2D eigenvalue weighted by Crippen LogP contribution is -2.32. The fourth-order valence-electron chi connectivity index (χ4n) is 4.92. The van der Waals surface area contributed by atoms with E-state index >= 15 is 0 Å². The molecular weight excluding hydrogens is 598 g/mol. The number of methoxy groups -OCH3 is 1. The number of benzene rings is 2. The van der Waals surface area contributed by atoms with Crippen LogP contribution in [0.15, 0.2) is 47.4 Å². The van der Waals surface area contributed by atoms with Crippen LogP contribution in [0.4, 0.5) is 23.2 Å². The van der Waals surface area contributed by atoms with E-state index in [0.29, 0.717) is 13.0 Å². The van der Waals surface area contributed by atoms with Gasteiger partial charge in [0.05, 0.1) is 24.7 Å². The Labute approximate surface area is 248 Å². The first-order valence-electron chi connectivity index (χ1n) is 13.2. The minimum atomic E-state index is -4.67. The highest BCUT2D eigenvalue weighted by molar-refractivity contribution is 6.31. The Kier molecular flexibility index (Phi) is 9.97. The summed E-state index contributed by atoms with van der Waals surface area (Å²) in [6.07, 6.45) is -1.71. The van der Waals surface area contributed by atoms with Crippen LogP contribution in [-0.2, 0) is 9.53 Å². The molecule has 1 aliphatic heterocycles. The average Bonchev–Trinajstić information content (AvgIpc) is 2.95.